The number of esters is 1. The van der Waals surface area contributed by atoms with Crippen LogP contribution >= 0.6 is 0 Å². The van der Waals surface area contributed by atoms with Crippen molar-refractivity contribution in [3.05, 3.63) is 0 Å². The van der Waals surface area contributed by atoms with Crippen LogP contribution in [0.5, 0.6) is 0 Å². The van der Waals surface area contributed by atoms with Crippen LogP contribution < -0.4 is 5.32 Å². The summed E-state index contributed by atoms with van der Waals surface area (Å²) in [4.78, 5) is 47.3. The molecule has 1 N–H and O–H groups in total. The predicted molar refractivity (Wildman–Crippen MR) is 74.0 cm³/mol. The van der Waals surface area contributed by atoms with Gasteiger partial charge in [0.05, 0.1) is 0 Å². The molecule has 3 amide bonds. The molecule has 7 heteroatoms. The maximum absolute atomic E-state index is 11.7. The Kier molecular flexibility index (Phi) is 5.46. The summed E-state index contributed by atoms with van der Waals surface area (Å²) in [5, 5.41) is 2.49. The van der Waals surface area contributed by atoms with Crippen LogP contribution in [0.4, 0.5) is 0 Å². The van der Waals surface area contributed by atoms with Gasteiger partial charge in [-0.2, -0.15) is 0 Å². The molecule has 1 heterocycles. The fraction of sp³-hybridized carbons (Fsp3) is 0.714. The van der Waals surface area contributed by atoms with E-state index in [-0.39, 0.29) is 37.6 Å². The Labute approximate surface area is 124 Å². The highest BCUT2D eigenvalue weighted by Crippen LogP contribution is 2.12. The number of carbonyl (C=O) groups excluding carboxylic acids is 4. The molecule has 21 heavy (non-hydrogen) atoms. The topological polar surface area (TPSA) is 92.8 Å². The van der Waals surface area contributed by atoms with Crippen LogP contribution in [-0.2, 0) is 23.9 Å². The molecule has 7 nitrogen and oxygen atoms in total. The largest absolute Gasteiger partial charge is 0.458 e. The van der Waals surface area contributed by atoms with Gasteiger partial charge in [0.15, 0.2) is 0 Å². The van der Waals surface area contributed by atoms with Gasteiger partial charge in [0, 0.05) is 25.8 Å². The van der Waals surface area contributed by atoms with Crippen LogP contribution in [0.1, 0.15) is 47.0 Å². The number of hydrogen-bond donors (Lipinski definition) is 1. The third kappa shape index (κ3) is 5.53. The van der Waals surface area contributed by atoms with Gasteiger partial charge in [0.2, 0.25) is 17.7 Å². The molecule has 1 saturated heterocycles. The fourth-order valence-corrected chi connectivity index (χ4v) is 1.85. The maximum atomic E-state index is 11.7. The summed E-state index contributed by atoms with van der Waals surface area (Å²) in [5.41, 5.74) is -0.621. The molecule has 1 aliphatic rings. The molecule has 118 valence electrons. The van der Waals surface area contributed by atoms with Crippen molar-refractivity contribution in [1.82, 2.24) is 10.2 Å². The molecule has 0 aromatic carbocycles. The second kappa shape index (κ2) is 6.69. The number of hydrogen-bond acceptors (Lipinski definition) is 5. The number of ether oxygens (including phenoxy) is 1. The molecular formula is C14H22N2O5. The zero-order valence-electron chi connectivity index (χ0n) is 12.9. The Bertz CT molecular complexity index is 437. The lowest BCUT2D eigenvalue weighted by molar-refractivity contribution is -0.158. The first-order valence-electron chi connectivity index (χ1n) is 6.95. The summed E-state index contributed by atoms with van der Waals surface area (Å²) < 4.78 is 5.14. The Morgan fingerprint density at radius 2 is 1.76 bits per heavy atom. The normalized spacial score (nSPS) is 16.9. The zero-order valence-corrected chi connectivity index (χ0v) is 12.9. The molecule has 0 spiro atoms. The molecule has 1 rings (SSSR count). The number of amides is 3. The summed E-state index contributed by atoms with van der Waals surface area (Å²) in [6.45, 7) is 6.79. The van der Waals surface area contributed by atoms with Crippen molar-refractivity contribution in [2.45, 2.75) is 58.6 Å². The number of nitrogens with zero attached hydrogens (tertiary/aromatic N) is 1. The number of likely N-dealkylation sites (tertiary alicyclic amines) is 1. The Morgan fingerprint density at radius 1 is 1.24 bits per heavy atom. The quantitative estimate of drug-likeness (QED) is 0.585. The van der Waals surface area contributed by atoms with E-state index in [0.717, 1.165) is 4.90 Å². The van der Waals surface area contributed by atoms with Gasteiger partial charge < -0.3 is 10.1 Å². The monoisotopic (exact) mass is 298 g/mol. The third-order valence-corrected chi connectivity index (χ3v) is 2.86. The lowest BCUT2D eigenvalue weighted by Crippen LogP contribution is -2.43. The molecule has 0 aliphatic carbocycles. The van der Waals surface area contributed by atoms with Crippen LogP contribution in [0.25, 0.3) is 0 Å². The van der Waals surface area contributed by atoms with E-state index in [9.17, 15) is 19.2 Å². The standard InChI is InChI=1S/C14H22N2O5/c1-9(13(20)21-14(2,3)4)15-10(17)7-8-16-11(18)5-6-12(16)19/h9H,5-8H2,1-4H3,(H,15,17)/t9-/m0/s1. The first-order valence-corrected chi connectivity index (χ1v) is 6.95. The van der Waals surface area contributed by atoms with E-state index >= 15 is 0 Å². The summed E-state index contributed by atoms with van der Waals surface area (Å²) in [7, 11) is 0. The Morgan fingerprint density at radius 3 is 2.24 bits per heavy atom. The molecule has 0 saturated carbocycles. The van der Waals surface area contributed by atoms with Crippen molar-refractivity contribution in [1.29, 1.82) is 0 Å². The van der Waals surface area contributed by atoms with E-state index in [0.29, 0.717) is 0 Å². The van der Waals surface area contributed by atoms with E-state index in [2.05, 4.69) is 5.32 Å². The molecule has 1 atom stereocenters. The maximum Gasteiger partial charge on any atom is 0.328 e. The van der Waals surface area contributed by atoms with Crippen molar-refractivity contribution in [3.8, 4) is 0 Å². The van der Waals surface area contributed by atoms with Gasteiger partial charge in [0.25, 0.3) is 0 Å². The van der Waals surface area contributed by atoms with E-state index in [1.807, 2.05) is 0 Å². The second-order valence-electron chi connectivity index (χ2n) is 6.01. The van der Waals surface area contributed by atoms with Crippen molar-refractivity contribution in [2.24, 2.45) is 0 Å². The number of imide groups is 1. The predicted octanol–water partition coefficient (Wildman–Crippen LogP) is 0.372. The van der Waals surface area contributed by atoms with Gasteiger partial charge in [-0.1, -0.05) is 0 Å². The van der Waals surface area contributed by atoms with Crippen molar-refractivity contribution < 1.29 is 23.9 Å². The summed E-state index contributed by atoms with van der Waals surface area (Å²) in [6, 6.07) is -0.776. The minimum atomic E-state index is -0.776. The average molecular weight is 298 g/mol. The van der Waals surface area contributed by atoms with Crippen molar-refractivity contribution in [3.63, 3.8) is 0 Å². The molecule has 1 fully saturated rings. The number of nitrogens with one attached hydrogen (secondary N) is 1. The average Bonchev–Trinajstić information content (AvgIpc) is 2.64. The van der Waals surface area contributed by atoms with E-state index in [1.54, 1.807) is 20.8 Å². The molecular weight excluding hydrogens is 276 g/mol. The highest BCUT2D eigenvalue weighted by molar-refractivity contribution is 6.02. The van der Waals surface area contributed by atoms with Crippen LogP contribution in [0.15, 0.2) is 0 Å². The van der Waals surface area contributed by atoms with Gasteiger partial charge in [-0.3, -0.25) is 19.3 Å². The number of carbonyl (C=O) groups is 4. The minimum Gasteiger partial charge on any atom is -0.458 e. The zero-order chi connectivity index (χ0) is 16.2. The van der Waals surface area contributed by atoms with Gasteiger partial charge in [-0.15, -0.1) is 0 Å². The fourth-order valence-electron chi connectivity index (χ4n) is 1.85. The van der Waals surface area contributed by atoms with Gasteiger partial charge in [0.1, 0.15) is 11.6 Å². The van der Waals surface area contributed by atoms with E-state index < -0.39 is 23.5 Å². The lowest BCUT2D eigenvalue weighted by atomic mass is 10.2. The van der Waals surface area contributed by atoms with Gasteiger partial charge in [-0.05, 0) is 27.7 Å². The van der Waals surface area contributed by atoms with Crippen molar-refractivity contribution >= 4 is 23.7 Å². The van der Waals surface area contributed by atoms with Crippen LogP contribution in [0.2, 0.25) is 0 Å². The first kappa shape index (κ1) is 17.1. The molecule has 0 radical (unpaired) electrons. The van der Waals surface area contributed by atoms with Crippen LogP contribution in [0.3, 0.4) is 0 Å². The Balaban J connectivity index is 2.38. The first-order chi connectivity index (χ1) is 9.60. The second-order valence-corrected chi connectivity index (χ2v) is 6.01. The summed E-state index contributed by atoms with van der Waals surface area (Å²) in [6.07, 6.45) is 0.383. The summed E-state index contributed by atoms with van der Waals surface area (Å²) in [5.74, 6) is -1.44. The molecule has 0 aromatic heterocycles. The van der Waals surface area contributed by atoms with Gasteiger partial charge >= 0.3 is 5.97 Å². The van der Waals surface area contributed by atoms with Crippen molar-refractivity contribution in [2.75, 3.05) is 6.54 Å². The Hall–Kier alpha value is -1.92. The van der Waals surface area contributed by atoms with Crippen LogP contribution in [-0.4, -0.2) is 46.8 Å². The minimum absolute atomic E-state index is 0.0232. The number of rotatable bonds is 5. The lowest BCUT2D eigenvalue weighted by Gasteiger charge is -2.23. The molecule has 0 aromatic rings. The van der Waals surface area contributed by atoms with Gasteiger partial charge in [-0.25, -0.2) is 4.79 Å². The summed E-state index contributed by atoms with van der Waals surface area (Å²) >= 11 is 0. The molecule has 0 unspecified atom stereocenters. The van der Waals surface area contributed by atoms with E-state index in [4.69, 9.17) is 4.74 Å². The molecule has 0 bridgehead atoms. The SMILES string of the molecule is C[C@H](NC(=O)CCN1C(=O)CCC1=O)C(=O)OC(C)(C)C. The third-order valence-electron chi connectivity index (χ3n) is 2.86. The van der Waals surface area contributed by atoms with E-state index in [1.165, 1.54) is 6.92 Å². The smallest absolute Gasteiger partial charge is 0.328 e. The molecule has 1 aliphatic heterocycles. The van der Waals surface area contributed by atoms with Crippen LogP contribution in [0, 0.1) is 0 Å². The highest BCUT2D eigenvalue weighted by atomic mass is 16.6. The highest BCUT2D eigenvalue weighted by Gasteiger charge is 2.29.